The summed E-state index contributed by atoms with van der Waals surface area (Å²) < 4.78 is 59.5. The number of hydrogen-bond donors (Lipinski definition) is 1. The molecule has 0 atom stereocenters. The van der Waals surface area contributed by atoms with Crippen molar-refractivity contribution in [1.29, 1.82) is 0 Å². The summed E-state index contributed by atoms with van der Waals surface area (Å²) in [6, 6.07) is 15.0. The number of aliphatic carboxylic acids is 1. The van der Waals surface area contributed by atoms with Gasteiger partial charge in [-0.1, -0.05) is 24.3 Å². The molecule has 0 bridgehead atoms. The lowest BCUT2D eigenvalue weighted by atomic mass is 9.83. The van der Waals surface area contributed by atoms with E-state index < -0.39 is 17.7 Å². The lowest BCUT2D eigenvalue weighted by Gasteiger charge is -2.44. The minimum absolute atomic E-state index is 0.181. The minimum Gasteiger partial charge on any atom is -0.480 e. The Labute approximate surface area is 211 Å². The van der Waals surface area contributed by atoms with E-state index in [0.717, 1.165) is 67.3 Å². The molecule has 7 nitrogen and oxygen atoms in total. The maximum absolute atomic E-state index is 13.6. The lowest BCUT2D eigenvalue weighted by Crippen LogP contribution is -2.48. The summed E-state index contributed by atoms with van der Waals surface area (Å²) in [6.45, 7) is 3.90. The number of rotatable bonds is 5. The summed E-state index contributed by atoms with van der Waals surface area (Å²) in [5, 5.41) is 7.12. The Hall–Kier alpha value is -3.44. The number of piperidine rings is 1. The highest BCUT2D eigenvalue weighted by molar-refractivity contribution is 5.73. The fourth-order valence-corrected chi connectivity index (χ4v) is 4.73. The zero-order valence-electron chi connectivity index (χ0n) is 20.2. The molecule has 0 radical (unpaired) electrons. The van der Waals surface area contributed by atoms with Crippen molar-refractivity contribution < 1.29 is 36.9 Å². The van der Waals surface area contributed by atoms with Crippen LogP contribution in [0.1, 0.15) is 24.1 Å². The summed E-state index contributed by atoms with van der Waals surface area (Å²) in [7, 11) is 1.72. The number of aromatic nitrogens is 2. The van der Waals surface area contributed by atoms with Gasteiger partial charge in [0.2, 0.25) is 0 Å². The first kappa shape index (κ1) is 26.6. The Morgan fingerprint density at radius 3 is 2.51 bits per heavy atom. The molecule has 198 valence electrons. The fourth-order valence-electron chi connectivity index (χ4n) is 4.73. The zero-order valence-corrected chi connectivity index (χ0v) is 20.2. The molecule has 3 heterocycles. The van der Waals surface area contributed by atoms with E-state index in [0.29, 0.717) is 6.61 Å². The van der Waals surface area contributed by atoms with Crippen LogP contribution < -0.4 is 4.74 Å². The SMILES string of the molecule is COCCn1cnc2c1C1(CCN(Cc3cccc(F)c3)CC1)Oc1ccccc1-2.O=C(O)C(F)(F)F. The van der Waals surface area contributed by atoms with Gasteiger partial charge in [0.1, 0.15) is 11.6 Å². The van der Waals surface area contributed by atoms with Crippen LogP contribution in [0.5, 0.6) is 5.75 Å². The van der Waals surface area contributed by atoms with E-state index in [4.69, 9.17) is 24.4 Å². The van der Waals surface area contributed by atoms with E-state index >= 15 is 0 Å². The number of carbonyl (C=O) groups is 1. The Kier molecular flexibility index (Phi) is 7.84. The number of carboxylic acids is 1. The van der Waals surface area contributed by atoms with Gasteiger partial charge < -0.3 is 19.1 Å². The van der Waals surface area contributed by atoms with Crippen LogP contribution in [0.15, 0.2) is 54.9 Å². The first-order valence-corrected chi connectivity index (χ1v) is 11.7. The molecule has 2 aliphatic heterocycles. The molecule has 0 unspecified atom stereocenters. The number of methoxy groups -OCH3 is 1. The second-order valence-electron chi connectivity index (χ2n) is 8.93. The number of alkyl halides is 3. The molecular formula is C26H27F4N3O4. The minimum atomic E-state index is -5.08. The number of ether oxygens (including phenoxy) is 2. The van der Waals surface area contributed by atoms with Crippen LogP contribution in [-0.2, 0) is 28.2 Å². The molecule has 1 fully saturated rings. The lowest BCUT2D eigenvalue weighted by molar-refractivity contribution is -0.192. The molecular weight excluding hydrogens is 494 g/mol. The predicted molar refractivity (Wildman–Crippen MR) is 126 cm³/mol. The van der Waals surface area contributed by atoms with Crippen molar-refractivity contribution in [2.24, 2.45) is 0 Å². The summed E-state index contributed by atoms with van der Waals surface area (Å²) in [4.78, 5) is 16.0. The molecule has 2 aromatic carbocycles. The third kappa shape index (κ3) is 5.94. The summed E-state index contributed by atoms with van der Waals surface area (Å²) in [5.74, 6) is -2.03. The number of carboxylic acid groups (broad SMARTS) is 1. The quantitative estimate of drug-likeness (QED) is 0.484. The smallest absolute Gasteiger partial charge is 0.480 e. The Bertz CT molecular complexity index is 1240. The third-order valence-corrected chi connectivity index (χ3v) is 6.45. The molecule has 37 heavy (non-hydrogen) atoms. The number of nitrogens with zero attached hydrogens (tertiary/aromatic N) is 3. The van der Waals surface area contributed by atoms with Gasteiger partial charge in [-0.05, 0) is 29.8 Å². The van der Waals surface area contributed by atoms with E-state index in [1.54, 1.807) is 19.2 Å². The fraction of sp³-hybridized carbons (Fsp3) is 0.385. The molecule has 1 aromatic heterocycles. The third-order valence-electron chi connectivity index (χ3n) is 6.45. The second-order valence-corrected chi connectivity index (χ2v) is 8.93. The largest absolute Gasteiger partial charge is 0.490 e. The second kappa shape index (κ2) is 10.9. The van der Waals surface area contributed by atoms with Gasteiger partial charge in [-0.25, -0.2) is 14.2 Å². The monoisotopic (exact) mass is 521 g/mol. The molecule has 5 rings (SSSR count). The van der Waals surface area contributed by atoms with Gasteiger partial charge in [0.15, 0.2) is 5.60 Å². The maximum Gasteiger partial charge on any atom is 0.490 e. The molecule has 2 aliphatic rings. The van der Waals surface area contributed by atoms with Crippen LogP contribution in [0.3, 0.4) is 0 Å². The van der Waals surface area contributed by atoms with E-state index in [1.165, 1.54) is 6.07 Å². The number of para-hydroxylation sites is 1. The van der Waals surface area contributed by atoms with Crippen LogP contribution in [0.4, 0.5) is 17.6 Å². The number of benzene rings is 2. The van der Waals surface area contributed by atoms with Crippen molar-refractivity contribution in [2.75, 3.05) is 26.8 Å². The van der Waals surface area contributed by atoms with E-state index in [1.807, 2.05) is 30.6 Å². The number of fused-ring (bicyclic) bond motifs is 4. The van der Waals surface area contributed by atoms with Crippen LogP contribution in [0, 0.1) is 5.82 Å². The van der Waals surface area contributed by atoms with Gasteiger partial charge in [-0.2, -0.15) is 13.2 Å². The van der Waals surface area contributed by atoms with Gasteiger partial charge in [0, 0.05) is 51.7 Å². The zero-order chi connectivity index (χ0) is 26.6. The number of halogens is 4. The highest BCUT2D eigenvalue weighted by Crippen LogP contribution is 2.49. The summed E-state index contributed by atoms with van der Waals surface area (Å²) >= 11 is 0. The highest BCUT2D eigenvalue weighted by Gasteiger charge is 2.46. The first-order valence-electron chi connectivity index (χ1n) is 11.7. The van der Waals surface area contributed by atoms with Crippen molar-refractivity contribution in [1.82, 2.24) is 14.5 Å². The van der Waals surface area contributed by atoms with Gasteiger partial charge in [0.25, 0.3) is 0 Å². The molecule has 3 aromatic rings. The van der Waals surface area contributed by atoms with Crippen LogP contribution in [0.2, 0.25) is 0 Å². The highest BCUT2D eigenvalue weighted by atomic mass is 19.4. The Balaban J connectivity index is 0.000000405. The Morgan fingerprint density at radius 1 is 1.16 bits per heavy atom. The van der Waals surface area contributed by atoms with E-state index in [9.17, 15) is 17.6 Å². The summed E-state index contributed by atoms with van der Waals surface area (Å²) in [5.41, 5.74) is 3.84. The predicted octanol–water partition coefficient (Wildman–Crippen LogP) is 4.85. The van der Waals surface area contributed by atoms with Gasteiger partial charge >= 0.3 is 12.1 Å². The van der Waals surface area contributed by atoms with Crippen LogP contribution in [-0.4, -0.2) is 58.5 Å². The molecule has 1 N–H and O–H groups in total. The standard InChI is InChI=1S/C24H26FN3O2.C2HF3O2/c1-29-14-13-28-17-26-22-20-7-2-3-8-21(20)30-24(23(22)28)9-11-27(12-10-24)16-18-5-4-6-19(25)15-18;3-2(4,5)1(6)7/h2-8,15,17H,9-14,16H2,1H3;(H,6,7). The molecule has 0 aliphatic carbocycles. The average molecular weight is 522 g/mol. The van der Waals surface area contributed by atoms with Crippen LogP contribution in [0.25, 0.3) is 11.3 Å². The average Bonchev–Trinajstić information content (AvgIpc) is 3.30. The molecule has 1 saturated heterocycles. The normalized spacial score (nSPS) is 16.2. The van der Waals surface area contributed by atoms with Crippen molar-refractivity contribution in [3.8, 4) is 17.0 Å². The van der Waals surface area contributed by atoms with Crippen molar-refractivity contribution >= 4 is 5.97 Å². The number of hydrogen-bond acceptors (Lipinski definition) is 5. The van der Waals surface area contributed by atoms with E-state index in [-0.39, 0.29) is 5.82 Å². The maximum atomic E-state index is 13.6. The van der Waals surface area contributed by atoms with Crippen molar-refractivity contribution in [3.05, 3.63) is 71.9 Å². The Morgan fingerprint density at radius 2 is 1.86 bits per heavy atom. The van der Waals surface area contributed by atoms with E-state index in [2.05, 4.69) is 15.5 Å². The van der Waals surface area contributed by atoms with Gasteiger partial charge in [-0.15, -0.1) is 0 Å². The van der Waals surface area contributed by atoms with Gasteiger partial charge in [-0.3, -0.25) is 4.90 Å². The molecule has 11 heteroatoms. The van der Waals surface area contributed by atoms with Crippen LogP contribution >= 0.6 is 0 Å². The topological polar surface area (TPSA) is 76.8 Å². The molecule has 0 amide bonds. The number of imidazole rings is 1. The molecule has 0 saturated carbocycles. The number of likely N-dealkylation sites (tertiary alicyclic amines) is 1. The van der Waals surface area contributed by atoms with Crippen molar-refractivity contribution in [3.63, 3.8) is 0 Å². The molecule has 1 spiro atoms. The first-order chi connectivity index (χ1) is 17.6. The van der Waals surface area contributed by atoms with Gasteiger partial charge in [0.05, 0.1) is 24.3 Å². The summed E-state index contributed by atoms with van der Waals surface area (Å²) in [6.07, 6.45) is -1.44. The van der Waals surface area contributed by atoms with Crippen molar-refractivity contribution in [2.45, 2.75) is 37.7 Å².